The molecule has 142 valence electrons. The number of rotatable bonds is 5. The molecular formula is C18H17F3N4O2. The van der Waals surface area contributed by atoms with Crippen molar-refractivity contribution in [3.63, 3.8) is 0 Å². The topological polar surface area (TPSA) is 70.8 Å². The SMILES string of the molecule is O=[N+]([O-])c1cc(C(F)(F)F)ccc1N/N=C\c1ccc(N2CCCC2)cc1. The van der Waals surface area contributed by atoms with Crippen LogP contribution >= 0.6 is 0 Å². The third-order valence-electron chi connectivity index (χ3n) is 4.28. The number of nitro groups is 1. The molecule has 1 heterocycles. The van der Waals surface area contributed by atoms with Crippen molar-refractivity contribution in [3.05, 3.63) is 63.7 Å². The lowest BCUT2D eigenvalue weighted by Crippen LogP contribution is -2.17. The normalized spacial score (nSPS) is 14.7. The minimum absolute atomic E-state index is 0.113. The maximum atomic E-state index is 12.7. The van der Waals surface area contributed by atoms with Gasteiger partial charge in [-0.1, -0.05) is 12.1 Å². The Kier molecular flexibility index (Phi) is 5.29. The fourth-order valence-electron chi connectivity index (χ4n) is 2.88. The van der Waals surface area contributed by atoms with Crippen molar-refractivity contribution in [2.45, 2.75) is 19.0 Å². The van der Waals surface area contributed by atoms with Gasteiger partial charge in [0, 0.05) is 24.8 Å². The predicted molar refractivity (Wildman–Crippen MR) is 97.2 cm³/mol. The molecule has 0 spiro atoms. The Morgan fingerprint density at radius 2 is 1.78 bits per heavy atom. The second-order valence-electron chi connectivity index (χ2n) is 6.14. The molecule has 1 fully saturated rings. The van der Waals surface area contributed by atoms with Crippen LogP contribution in [-0.4, -0.2) is 24.2 Å². The van der Waals surface area contributed by atoms with E-state index in [2.05, 4.69) is 15.4 Å². The van der Waals surface area contributed by atoms with Gasteiger partial charge < -0.3 is 4.90 Å². The second-order valence-corrected chi connectivity index (χ2v) is 6.14. The smallest absolute Gasteiger partial charge is 0.372 e. The lowest BCUT2D eigenvalue weighted by atomic mass is 10.1. The summed E-state index contributed by atoms with van der Waals surface area (Å²) in [6.07, 6.45) is -0.836. The van der Waals surface area contributed by atoms with Crippen LogP contribution < -0.4 is 10.3 Å². The van der Waals surface area contributed by atoms with Crippen LogP contribution in [0.25, 0.3) is 0 Å². The molecule has 6 nitrogen and oxygen atoms in total. The van der Waals surface area contributed by atoms with Crippen molar-refractivity contribution in [3.8, 4) is 0 Å². The van der Waals surface area contributed by atoms with E-state index in [1.807, 2.05) is 24.3 Å². The van der Waals surface area contributed by atoms with Crippen LogP contribution in [0.5, 0.6) is 0 Å². The van der Waals surface area contributed by atoms with Crippen molar-refractivity contribution in [1.29, 1.82) is 0 Å². The first-order valence-electron chi connectivity index (χ1n) is 8.34. The fraction of sp³-hybridized carbons (Fsp3) is 0.278. The zero-order chi connectivity index (χ0) is 19.4. The number of nitrogens with one attached hydrogen (secondary N) is 1. The monoisotopic (exact) mass is 378 g/mol. The van der Waals surface area contributed by atoms with Gasteiger partial charge in [-0.2, -0.15) is 18.3 Å². The molecular weight excluding hydrogens is 361 g/mol. The summed E-state index contributed by atoms with van der Waals surface area (Å²) < 4.78 is 38.1. The average molecular weight is 378 g/mol. The minimum atomic E-state index is -4.65. The standard InChI is InChI=1S/C18H17F3N4O2/c19-18(20,21)14-5-8-16(17(11-14)25(26)27)23-22-12-13-3-6-15(7-4-13)24-9-1-2-10-24/h3-8,11-12,23H,1-2,9-10H2/b22-12-. The quantitative estimate of drug-likeness (QED) is 0.467. The van der Waals surface area contributed by atoms with Crippen LogP contribution in [0.1, 0.15) is 24.0 Å². The van der Waals surface area contributed by atoms with E-state index in [1.54, 1.807) is 0 Å². The predicted octanol–water partition coefficient (Wildman–Crippen LogP) is 4.66. The van der Waals surface area contributed by atoms with Gasteiger partial charge >= 0.3 is 6.18 Å². The second kappa shape index (κ2) is 7.65. The van der Waals surface area contributed by atoms with Crippen LogP contribution in [0.4, 0.5) is 30.2 Å². The maximum Gasteiger partial charge on any atom is 0.416 e. The molecule has 0 aliphatic carbocycles. The molecule has 27 heavy (non-hydrogen) atoms. The molecule has 0 unspecified atom stereocenters. The van der Waals surface area contributed by atoms with Gasteiger partial charge in [0.15, 0.2) is 0 Å². The van der Waals surface area contributed by atoms with Crippen LogP contribution in [0.3, 0.4) is 0 Å². The van der Waals surface area contributed by atoms with Crippen LogP contribution in [0, 0.1) is 10.1 Å². The summed E-state index contributed by atoms with van der Waals surface area (Å²) >= 11 is 0. The van der Waals surface area contributed by atoms with E-state index in [0.717, 1.165) is 36.5 Å². The molecule has 3 rings (SSSR count). The zero-order valence-electron chi connectivity index (χ0n) is 14.2. The maximum absolute atomic E-state index is 12.7. The molecule has 0 atom stereocenters. The first-order chi connectivity index (χ1) is 12.8. The Hall–Kier alpha value is -3.10. The molecule has 2 aromatic rings. The molecule has 1 aliphatic rings. The van der Waals surface area contributed by atoms with Crippen LogP contribution in [0.15, 0.2) is 47.6 Å². The minimum Gasteiger partial charge on any atom is -0.372 e. The summed E-state index contributed by atoms with van der Waals surface area (Å²) in [5.41, 5.74) is 2.44. The lowest BCUT2D eigenvalue weighted by molar-refractivity contribution is -0.384. The van der Waals surface area contributed by atoms with E-state index < -0.39 is 22.4 Å². The molecule has 1 aliphatic heterocycles. The summed E-state index contributed by atoms with van der Waals surface area (Å²) in [7, 11) is 0. The molecule has 0 bridgehead atoms. The number of anilines is 2. The van der Waals surface area contributed by atoms with Gasteiger partial charge in [-0.15, -0.1) is 0 Å². The van der Waals surface area contributed by atoms with Crippen molar-refractivity contribution in [1.82, 2.24) is 0 Å². The Morgan fingerprint density at radius 1 is 1.11 bits per heavy atom. The van der Waals surface area contributed by atoms with E-state index in [4.69, 9.17) is 0 Å². The number of hydrazone groups is 1. The lowest BCUT2D eigenvalue weighted by Gasteiger charge is -2.17. The zero-order valence-corrected chi connectivity index (χ0v) is 14.2. The van der Waals surface area contributed by atoms with Crippen molar-refractivity contribution in [2.75, 3.05) is 23.4 Å². The van der Waals surface area contributed by atoms with Crippen molar-refractivity contribution >= 4 is 23.3 Å². The van der Waals surface area contributed by atoms with Crippen LogP contribution in [0.2, 0.25) is 0 Å². The van der Waals surface area contributed by atoms with Gasteiger partial charge in [-0.3, -0.25) is 15.5 Å². The van der Waals surface area contributed by atoms with E-state index in [1.165, 1.54) is 19.1 Å². The summed E-state index contributed by atoms with van der Waals surface area (Å²) in [5.74, 6) is 0. The van der Waals surface area contributed by atoms with Gasteiger partial charge in [0.1, 0.15) is 5.69 Å². The molecule has 0 saturated carbocycles. The molecule has 9 heteroatoms. The third-order valence-corrected chi connectivity index (χ3v) is 4.28. The number of alkyl halides is 3. The highest BCUT2D eigenvalue weighted by Crippen LogP contribution is 2.34. The Balaban J connectivity index is 1.71. The van der Waals surface area contributed by atoms with Gasteiger partial charge in [0.25, 0.3) is 5.69 Å². The molecule has 0 amide bonds. The Morgan fingerprint density at radius 3 is 2.37 bits per heavy atom. The Bertz CT molecular complexity index is 845. The molecule has 2 aromatic carbocycles. The highest BCUT2D eigenvalue weighted by molar-refractivity contribution is 5.81. The number of benzene rings is 2. The van der Waals surface area contributed by atoms with Gasteiger partial charge in [-0.05, 0) is 42.7 Å². The number of nitro benzene ring substituents is 1. The van der Waals surface area contributed by atoms with Crippen molar-refractivity contribution < 1.29 is 18.1 Å². The largest absolute Gasteiger partial charge is 0.416 e. The van der Waals surface area contributed by atoms with Crippen molar-refractivity contribution in [2.24, 2.45) is 5.10 Å². The van der Waals surface area contributed by atoms with E-state index in [-0.39, 0.29) is 5.69 Å². The highest BCUT2D eigenvalue weighted by Gasteiger charge is 2.33. The van der Waals surface area contributed by atoms with Gasteiger partial charge in [0.2, 0.25) is 0 Å². The van der Waals surface area contributed by atoms with E-state index in [0.29, 0.717) is 6.07 Å². The summed E-state index contributed by atoms with van der Waals surface area (Å²) in [5, 5.41) is 14.9. The average Bonchev–Trinajstić information content (AvgIpc) is 3.16. The summed E-state index contributed by atoms with van der Waals surface area (Å²) in [4.78, 5) is 12.4. The molecule has 0 aromatic heterocycles. The molecule has 1 saturated heterocycles. The number of nitrogens with zero attached hydrogens (tertiary/aromatic N) is 3. The molecule has 1 N–H and O–H groups in total. The number of hydrogen-bond donors (Lipinski definition) is 1. The Labute approximate surface area is 153 Å². The van der Waals surface area contributed by atoms with Crippen LogP contribution in [-0.2, 0) is 6.18 Å². The molecule has 0 radical (unpaired) electrons. The van der Waals surface area contributed by atoms with E-state index >= 15 is 0 Å². The fourth-order valence-corrected chi connectivity index (χ4v) is 2.88. The number of halogens is 3. The third kappa shape index (κ3) is 4.55. The highest BCUT2D eigenvalue weighted by atomic mass is 19.4. The number of hydrogen-bond acceptors (Lipinski definition) is 5. The van der Waals surface area contributed by atoms with Gasteiger partial charge in [0.05, 0.1) is 16.7 Å². The summed E-state index contributed by atoms with van der Waals surface area (Å²) in [6.45, 7) is 2.07. The summed E-state index contributed by atoms with van der Waals surface area (Å²) in [6, 6.07) is 9.91. The first kappa shape index (κ1) is 18.7. The first-order valence-corrected chi connectivity index (χ1v) is 8.34. The van der Waals surface area contributed by atoms with Gasteiger partial charge in [-0.25, -0.2) is 0 Å². The van der Waals surface area contributed by atoms with E-state index in [9.17, 15) is 23.3 Å².